The molecular weight excluding hydrogens is 184 g/mol. The molecule has 2 rings (SSSR count). The van der Waals surface area contributed by atoms with Gasteiger partial charge >= 0.3 is 6.03 Å². The quantitative estimate of drug-likeness (QED) is 0.586. The van der Waals surface area contributed by atoms with Gasteiger partial charge in [0.25, 0.3) is 0 Å². The molecule has 0 spiro atoms. The highest BCUT2D eigenvalue weighted by molar-refractivity contribution is 8.00. The van der Waals surface area contributed by atoms with Crippen molar-refractivity contribution in [1.82, 2.24) is 10.6 Å². The zero-order valence-electron chi connectivity index (χ0n) is 8.68. The smallest absolute Gasteiger partial charge is 0.315 e. The molecule has 3 nitrogen and oxygen atoms in total. The molecule has 76 valence electrons. The first kappa shape index (κ1) is 10.7. The molecule has 4 heteroatoms. The van der Waals surface area contributed by atoms with Crippen LogP contribution in [0.15, 0.2) is 0 Å². The molecule has 0 bridgehead atoms. The van der Waals surface area contributed by atoms with Crippen LogP contribution in [0.3, 0.4) is 0 Å². The summed E-state index contributed by atoms with van der Waals surface area (Å²) in [5.41, 5.74) is 0.00116. The molecule has 2 N–H and O–H groups in total. The molecule has 0 aliphatic carbocycles. The van der Waals surface area contributed by atoms with Crippen LogP contribution >= 0.6 is 11.8 Å². The van der Waals surface area contributed by atoms with Gasteiger partial charge in [-0.1, -0.05) is 20.8 Å². The number of amides is 2. The Balaban J connectivity index is 0.000000396. The predicted octanol–water partition coefficient (Wildman–Crippen LogP) is 1.59. The third-order valence-corrected chi connectivity index (χ3v) is 4.05. The second-order valence-electron chi connectivity index (χ2n) is 3.51. The van der Waals surface area contributed by atoms with E-state index in [9.17, 15) is 4.79 Å². The van der Waals surface area contributed by atoms with Crippen molar-refractivity contribution in [3.63, 3.8) is 0 Å². The van der Waals surface area contributed by atoms with Crippen LogP contribution in [-0.2, 0) is 0 Å². The number of carbonyl (C=O) groups is 1. The predicted molar refractivity (Wildman–Crippen MR) is 57.1 cm³/mol. The molecule has 0 aromatic carbocycles. The minimum atomic E-state index is -0.00958. The van der Waals surface area contributed by atoms with Crippen molar-refractivity contribution in [1.29, 1.82) is 0 Å². The molecule has 0 saturated carbocycles. The maximum absolute atomic E-state index is 11.0. The number of fused-ring (bicyclic) bond motifs is 1. The summed E-state index contributed by atoms with van der Waals surface area (Å²) in [6, 6.07) is 0.310. The average molecular weight is 202 g/mol. The van der Waals surface area contributed by atoms with Gasteiger partial charge in [-0.25, -0.2) is 4.79 Å². The van der Waals surface area contributed by atoms with Gasteiger partial charge in [0, 0.05) is 11.0 Å². The van der Waals surface area contributed by atoms with Gasteiger partial charge in [0.2, 0.25) is 0 Å². The second kappa shape index (κ2) is 3.78. The Kier molecular flexibility index (Phi) is 3.11. The Hall–Kier alpha value is -0.380. The number of rotatable bonds is 0. The molecule has 2 amide bonds. The first-order valence-corrected chi connectivity index (χ1v) is 5.87. The maximum atomic E-state index is 11.0. The van der Waals surface area contributed by atoms with Gasteiger partial charge in [0.1, 0.15) is 0 Å². The van der Waals surface area contributed by atoms with Crippen LogP contribution in [0.1, 0.15) is 27.7 Å². The lowest BCUT2D eigenvalue weighted by atomic mass is 9.95. The van der Waals surface area contributed by atoms with Crippen LogP contribution in [0, 0.1) is 0 Å². The van der Waals surface area contributed by atoms with E-state index in [2.05, 4.69) is 24.5 Å². The van der Waals surface area contributed by atoms with Gasteiger partial charge < -0.3 is 10.6 Å². The monoisotopic (exact) mass is 202 g/mol. The first-order chi connectivity index (χ1) is 6.12. The fraction of sp³-hybridized carbons (Fsp3) is 0.889. The van der Waals surface area contributed by atoms with Crippen LogP contribution in [0.25, 0.3) is 0 Å². The number of thioether (sulfide) groups is 1. The largest absolute Gasteiger partial charge is 0.332 e. The zero-order valence-corrected chi connectivity index (χ0v) is 9.49. The minimum Gasteiger partial charge on any atom is -0.332 e. The number of hydrogen-bond acceptors (Lipinski definition) is 2. The highest BCUT2D eigenvalue weighted by Gasteiger charge is 2.50. The van der Waals surface area contributed by atoms with E-state index >= 15 is 0 Å². The summed E-state index contributed by atoms with van der Waals surface area (Å²) in [7, 11) is 0. The summed E-state index contributed by atoms with van der Waals surface area (Å²) in [5, 5.41) is 6.43. The molecule has 13 heavy (non-hydrogen) atoms. The van der Waals surface area contributed by atoms with Gasteiger partial charge in [0.15, 0.2) is 0 Å². The van der Waals surface area contributed by atoms with Crippen LogP contribution in [0.4, 0.5) is 4.79 Å². The molecule has 0 aromatic rings. The van der Waals surface area contributed by atoms with Gasteiger partial charge in [-0.05, 0) is 6.92 Å². The van der Waals surface area contributed by atoms with Gasteiger partial charge in [-0.2, -0.15) is 11.8 Å². The molecule has 0 aromatic heterocycles. The van der Waals surface area contributed by atoms with Crippen molar-refractivity contribution in [2.75, 3.05) is 5.75 Å². The van der Waals surface area contributed by atoms with E-state index in [1.165, 1.54) is 0 Å². The Morgan fingerprint density at radius 1 is 1.54 bits per heavy atom. The van der Waals surface area contributed by atoms with E-state index in [0.717, 1.165) is 5.75 Å². The van der Waals surface area contributed by atoms with E-state index in [1.54, 1.807) is 0 Å². The van der Waals surface area contributed by atoms with Crippen molar-refractivity contribution in [3.05, 3.63) is 0 Å². The summed E-state index contributed by atoms with van der Waals surface area (Å²) in [6.45, 7) is 8.26. The topological polar surface area (TPSA) is 41.1 Å². The van der Waals surface area contributed by atoms with Gasteiger partial charge in [-0.15, -0.1) is 0 Å². The lowest BCUT2D eigenvalue weighted by molar-refractivity contribution is 0.246. The SMILES string of the molecule is CC.C[C@@H]1SCC2(C)NC(=O)NC12. The van der Waals surface area contributed by atoms with Crippen molar-refractivity contribution in [2.24, 2.45) is 0 Å². The first-order valence-electron chi connectivity index (χ1n) is 4.82. The lowest BCUT2D eigenvalue weighted by Gasteiger charge is -2.21. The third kappa shape index (κ3) is 1.77. The van der Waals surface area contributed by atoms with Gasteiger partial charge in [0.05, 0.1) is 11.6 Å². The van der Waals surface area contributed by atoms with Crippen molar-refractivity contribution >= 4 is 17.8 Å². The third-order valence-electron chi connectivity index (χ3n) is 2.49. The lowest BCUT2D eigenvalue weighted by Crippen LogP contribution is -2.47. The summed E-state index contributed by atoms with van der Waals surface area (Å²) in [5.74, 6) is 1.03. The van der Waals surface area contributed by atoms with Crippen LogP contribution in [-0.4, -0.2) is 28.6 Å². The second-order valence-corrected chi connectivity index (χ2v) is 4.88. The van der Waals surface area contributed by atoms with Crippen molar-refractivity contribution in [2.45, 2.75) is 44.5 Å². The van der Waals surface area contributed by atoms with E-state index in [-0.39, 0.29) is 11.6 Å². The number of carbonyl (C=O) groups excluding carboxylic acids is 1. The van der Waals surface area contributed by atoms with E-state index in [4.69, 9.17) is 0 Å². The number of hydrogen-bond donors (Lipinski definition) is 2. The molecule has 0 radical (unpaired) electrons. The molecule has 2 saturated heterocycles. The van der Waals surface area contributed by atoms with Crippen LogP contribution < -0.4 is 10.6 Å². The fourth-order valence-electron chi connectivity index (χ4n) is 1.84. The number of nitrogens with one attached hydrogen (secondary N) is 2. The van der Waals surface area contributed by atoms with Crippen molar-refractivity contribution < 1.29 is 4.79 Å². The molecule has 2 aliphatic rings. The summed E-state index contributed by atoms with van der Waals surface area (Å²) >= 11 is 1.91. The highest BCUT2D eigenvalue weighted by atomic mass is 32.2. The molecular formula is C9H18N2OS. The number of urea groups is 1. The average Bonchev–Trinajstić information content (AvgIpc) is 2.53. The molecule has 2 aliphatic heterocycles. The molecule has 3 atom stereocenters. The zero-order chi connectivity index (χ0) is 10.1. The maximum Gasteiger partial charge on any atom is 0.315 e. The Bertz CT molecular complexity index is 210. The van der Waals surface area contributed by atoms with E-state index in [0.29, 0.717) is 11.3 Å². The summed E-state index contributed by atoms with van der Waals surface area (Å²) < 4.78 is 0. The molecule has 2 unspecified atom stereocenters. The Labute approximate surface area is 84.0 Å². The van der Waals surface area contributed by atoms with Crippen LogP contribution in [0.2, 0.25) is 0 Å². The fourth-order valence-corrected chi connectivity index (χ4v) is 3.26. The Morgan fingerprint density at radius 3 is 2.69 bits per heavy atom. The summed E-state index contributed by atoms with van der Waals surface area (Å²) in [6.07, 6.45) is 0. The van der Waals surface area contributed by atoms with E-state index in [1.807, 2.05) is 25.6 Å². The normalized spacial score (nSPS) is 41.4. The molecule has 2 fully saturated rings. The highest BCUT2D eigenvalue weighted by Crippen LogP contribution is 2.36. The van der Waals surface area contributed by atoms with Gasteiger partial charge in [-0.3, -0.25) is 0 Å². The molecule has 2 heterocycles. The van der Waals surface area contributed by atoms with E-state index < -0.39 is 0 Å². The Morgan fingerprint density at radius 2 is 2.15 bits per heavy atom. The standard InChI is InChI=1S/C7H12N2OS.C2H6/c1-4-5-7(2,3-11-4)9-6(10)8-5;1-2/h4-5H,3H2,1-2H3,(H2,8,9,10);1-2H3/t4-,5?,7?;/m0./s1. The minimum absolute atomic E-state index is 0.00116. The van der Waals surface area contributed by atoms with Crippen molar-refractivity contribution in [3.8, 4) is 0 Å². The van der Waals surface area contributed by atoms with Crippen LogP contribution in [0.5, 0.6) is 0 Å². The summed E-state index contributed by atoms with van der Waals surface area (Å²) in [4.78, 5) is 11.0.